The number of benzene rings is 7. The summed E-state index contributed by atoms with van der Waals surface area (Å²) < 4.78 is 4.95. The van der Waals surface area contributed by atoms with E-state index >= 15 is 0 Å². The van der Waals surface area contributed by atoms with Crippen molar-refractivity contribution in [1.82, 2.24) is 9.13 Å². The van der Waals surface area contributed by atoms with E-state index in [0.717, 1.165) is 12.8 Å². The fraction of sp³-hybridized carbons (Fsp3) is 0.0980. The molecule has 3 heteroatoms. The van der Waals surface area contributed by atoms with Crippen molar-refractivity contribution in [2.24, 2.45) is 0 Å². The molecule has 0 aliphatic heterocycles. The summed E-state index contributed by atoms with van der Waals surface area (Å²) in [6, 6.07) is 58.3. The highest BCUT2D eigenvalue weighted by Crippen LogP contribution is 2.52. The molecule has 0 N–H and O–H groups in total. The van der Waals surface area contributed by atoms with Gasteiger partial charge in [-0.05, 0) is 108 Å². The minimum Gasteiger partial charge on any atom is -0.314 e. The van der Waals surface area contributed by atoms with Crippen molar-refractivity contribution in [3.05, 3.63) is 193 Å². The summed E-state index contributed by atoms with van der Waals surface area (Å²) in [5, 5.41) is 5.09. The van der Waals surface area contributed by atoms with Gasteiger partial charge in [0.05, 0.1) is 22.1 Å². The van der Waals surface area contributed by atoms with Crippen LogP contribution in [0.4, 0.5) is 11.4 Å². The average molecular weight is 694 g/mol. The van der Waals surface area contributed by atoms with Gasteiger partial charge in [-0.3, -0.25) is 0 Å². The number of fused-ring (bicyclic) bond motifs is 10. The summed E-state index contributed by atoms with van der Waals surface area (Å²) in [5.74, 6) is 0. The maximum Gasteiger partial charge on any atom is 0.0641 e. The lowest BCUT2D eigenvalue weighted by molar-refractivity contribution is 0.660. The van der Waals surface area contributed by atoms with Crippen LogP contribution in [0.15, 0.2) is 182 Å². The van der Waals surface area contributed by atoms with E-state index in [0.29, 0.717) is 0 Å². The lowest BCUT2D eigenvalue weighted by atomic mass is 9.82. The Morgan fingerprint density at radius 3 is 1.94 bits per heavy atom. The predicted molar refractivity (Wildman–Crippen MR) is 228 cm³/mol. The Morgan fingerprint density at radius 1 is 0.519 bits per heavy atom. The molecular weight excluding hydrogens is 655 g/mol. The lowest BCUT2D eigenvalue weighted by Gasteiger charge is -2.30. The van der Waals surface area contributed by atoms with Crippen molar-refractivity contribution in [3.63, 3.8) is 0 Å². The Balaban J connectivity index is 1.12. The highest BCUT2D eigenvalue weighted by atomic mass is 15.1. The Labute approximate surface area is 315 Å². The number of anilines is 2. The topological polar surface area (TPSA) is 13.1 Å². The molecule has 0 atom stereocenters. The van der Waals surface area contributed by atoms with Gasteiger partial charge >= 0.3 is 0 Å². The van der Waals surface area contributed by atoms with Crippen LogP contribution in [0.2, 0.25) is 0 Å². The van der Waals surface area contributed by atoms with E-state index in [4.69, 9.17) is 0 Å². The van der Waals surface area contributed by atoms with Crippen LogP contribution in [0.3, 0.4) is 0 Å². The van der Waals surface area contributed by atoms with Gasteiger partial charge < -0.3 is 14.0 Å². The molecule has 2 aliphatic rings. The number of hydrogen-bond acceptors (Lipinski definition) is 1. The number of allylic oxidation sites excluding steroid dienone is 4. The summed E-state index contributed by atoms with van der Waals surface area (Å²) in [7, 11) is 0. The first-order valence-corrected chi connectivity index (χ1v) is 19.1. The van der Waals surface area contributed by atoms with Crippen LogP contribution in [0.5, 0.6) is 0 Å². The SMILES string of the molecule is CC1(C)c2cc(N(C3=CC=CCC3)c3ccccc3)ccc2-c2ccc(-n3c4ccccc4c4ccc5c(c6ccccc6n5-c5ccccc5)c43)cc21. The quantitative estimate of drug-likeness (QED) is 0.175. The molecule has 0 radical (unpaired) electrons. The Hall–Kier alpha value is -6.58. The molecule has 0 saturated carbocycles. The van der Waals surface area contributed by atoms with E-state index in [2.05, 4.69) is 204 Å². The van der Waals surface area contributed by atoms with E-state index in [1.54, 1.807) is 0 Å². The number of aromatic nitrogens is 2. The van der Waals surface area contributed by atoms with Crippen LogP contribution in [-0.4, -0.2) is 9.13 Å². The van der Waals surface area contributed by atoms with Gasteiger partial charge in [0.1, 0.15) is 0 Å². The minimum atomic E-state index is -0.197. The third kappa shape index (κ3) is 4.42. The molecular formula is C51H39N3. The standard InChI is InChI=1S/C51H39N3/c1-51(2)44-32-37(52(34-16-6-3-7-17-34)35-18-8-4-9-19-35)26-28-39(44)40-29-27-38(33-45(40)51)54-46-24-14-12-22-41(46)42-30-31-48-49(50(42)54)43-23-13-15-25-47(43)53(48)36-20-10-5-11-21-36/h3-8,10-18,20-33H,9,19H2,1-2H3. The summed E-state index contributed by atoms with van der Waals surface area (Å²) >= 11 is 0. The van der Waals surface area contributed by atoms with Gasteiger partial charge in [0.2, 0.25) is 0 Å². The zero-order valence-corrected chi connectivity index (χ0v) is 30.5. The first-order chi connectivity index (χ1) is 26.6. The summed E-state index contributed by atoms with van der Waals surface area (Å²) in [6.07, 6.45) is 8.81. The monoisotopic (exact) mass is 693 g/mol. The second kappa shape index (κ2) is 11.7. The van der Waals surface area contributed by atoms with Crippen molar-refractivity contribution >= 4 is 55.0 Å². The molecule has 0 bridgehead atoms. The molecule has 2 heterocycles. The average Bonchev–Trinajstić information content (AvgIpc) is 3.82. The Bertz CT molecular complexity index is 3010. The van der Waals surface area contributed by atoms with Crippen molar-refractivity contribution in [2.75, 3.05) is 4.90 Å². The smallest absolute Gasteiger partial charge is 0.0641 e. The van der Waals surface area contributed by atoms with Crippen molar-refractivity contribution in [2.45, 2.75) is 32.1 Å². The summed E-state index contributed by atoms with van der Waals surface area (Å²) in [5.41, 5.74) is 16.2. The van der Waals surface area contributed by atoms with Crippen molar-refractivity contribution in [1.29, 1.82) is 0 Å². The number of rotatable bonds is 5. The molecule has 7 aromatic carbocycles. The normalized spacial score (nSPS) is 14.5. The van der Waals surface area contributed by atoms with E-state index in [-0.39, 0.29) is 5.41 Å². The second-order valence-corrected chi connectivity index (χ2v) is 15.3. The third-order valence-corrected chi connectivity index (χ3v) is 11.9. The molecule has 0 unspecified atom stereocenters. The van der Waals surface area contributed by atoms with E-state index < -0.39 is 0 Å². The van der Waals surface area contributed by atoms with Crippen LogP contribution in [-0.2, 0) is 5.41 Å². The van der Waals surface area contributed by atoms with Gasteiger partial charge in [0.25, 0.3) is 0 Å². The Morgan fingerprint density at radius 2 is 1.19 bits per heavy atom. The van der Waals surface area contributed by atoms with Crippen molar-refractivity contribution in [3.8, 4) is 22.5 Å². The van der Waals surface area contributed by atoms with Gasteiger partial charge in [-0.25, -0.2) is 0 Å². The van der Waals surface area contributed by atoms with E-state index in [1.807, 2.05) is 0 Å². The Kier molecular flexibility index (Phi) is 6.72. The van der Waals surface area contributed by atoms with Crippen LogP contribution in [0.1, 0.15) is 37.8 Å². The minimum absolute atomic E-state index is 0.197. The van der Waals surface area contributed by atoms with Gasteiger partial charge in [-0.2, -0.15) is 0 Å². The first-order valence-electron chi connectivity index (χ1n) is 19.1. The van der Waals surface area contributed by atoms with Crippen molar-refractivity contribution < 1.29 is 0 Å². The molecule has 0 saturated heterocycles. The van der Waals surface area contributed by atoms with E-state index in [9.17, 15) is 0 Å². The predicted octanol–water partition coefficient (Wildman–Crippen LogP) is 13.6. The zero-order chi connectivity index (χ0) is 36.0. The molecule has 0 fully saturated rings. The molecule has 0 spiro atoms. The maximum atomic E-state index is 2.53. The molecule has 2 aromatic heterocycles. The number of hydrogen-bond donors (Lipinski definition) is 0. The largest absolute Gasteiger partial charge is 0.314 e. The maximum absolute atomic E-state index is 2.53. The highest BCUT2D eigenvalue weighted by molar-refractivity contribution is 6.26. The molecule has 3 nitrogen and oxygen atoms in total. The van der Waals surface area contributed by atoms with Gasteiger partial charge in [0, 0.05) is 55.4 Å². The van der Waals surface area contributed by atoms with Crippen LogP contribution < -0.4 is 4.90 Å². The van der Waals surface area contributed by atoms with Crippen LogP contribution >= 0.6 is 0 Å². The molecule has 2 aliphatic carbocycles. The lowest BCUT2D eigenvalue weighted by Crippen LogP contribution is -2.19. The first kappa shape index (κ1) is 31.0. The highest BCUT2D eigenvalue weighted by Gasteiger charge is 2.37. The zero-order valence-electron chi connectivity index (χ0n) is 30.5. The molecule has 9 aromatic rings. The number of nitrogens with zero attached hydrogens (tertiary/aromatic N) is 3. The number of para-hydroxylation sites is 4. The third-order valence-electron chi connectivity index (χ3n) is 11.9. The second-order valence-electron chi connectivity index (χ2n) is 15.3. The van der Waals surface area contributed by atoms with Gasteiger partial charge in [0.15, 0.2) is 0 Å². The summed E-state index contributed by atoms with van der Waals surface area (Å²) in [4.78, 5) is 2.45. The van der Waals surface area contributed by atoms with Crippen LogP contribution in [0.25, 0.3) is 66.1 Å². The fourth-order valence-electron chi connectivity index (χ4n) is 9.46. The van der Waals surface area contributed by atoms with Gasteiger partial charge in [-0.1, -0.05) is 117 Å². The molecule has 258 valence electrons. The molecule has 11 rings (SSSR count). The molecule has 54 heavy (non-hydrogen) atoms. The fourth-order valence-corrected chi connectivity index (χ4v) is 9.46. The van der Waals surface area contributed by atoms with E-state index in [1.165, 1.54) is 94.3 Å². The van der Waals surface area contributed by atoms with Crippen LogP contribution in [0, 0.1) is 0 Å². The molecule has 0 amide bonds. The summed E-state index contributed by atoms with van der Waals surface area (Å²) in [6.45, 7) is 4.80. The van der Waals surface area contributed by atoms with Gasteiger partial charge in [-0.15, -0.1) is 0 Å².